The summed E-state index contributed by atoms with van der Waals surface area (Å²) in [5.74, 6) is 0.636. The van der Waals surface area contributed by atoms with Gasteiger partial charge in [0, 0.05) is 36.0 Å². The number of aryl methyl sites for hydroxylation is 2. The fourth-order valence-corrected chi connectivity index (χ4v) is 5.10. The third-order valence-electron chi connectivity index (χ3n) is 6.97. The molecule has 3 atom stereocenters. The first kappa shape index (κ1) is 20.9. The maximum Gasteiger partial charge on any atom is 0.336 e. The highest BCUT2D eigenvalue weighted by Gasteiger charge is 2.44. The van der Waals surface area contributed by atoms with Gasteiger partial charge >= 0.3 is 5.63 Å². The number of hydrogen-bond donors (Lipinski definition) is 1. The molecular formula is C24H31NO5. The fraction of sp³-hybridized carbons (Fsp3) is 0.583. The summed E-state index contributed by atoms with van der Waals surface area (Å²) < 4.78 is 11.5. The summed E-state index contributed by atoms with van der Waals surface area (Å²) in [7, 11) is 0. The van der Waals surface area contributed by atoms with Crippen LogP contribution in [-0.2, 0) is 11.2 Å². The second-order valence-electron chi connectivity index (χ2n) is 8.85. The number of amides is 1. The van der Waals surface area contributed by atoms with Crippen LogP contribution in [-0.4, -0.2) is 40.7 Å². The standard InChI is InChI=1S/C24H31NO5/c1-4-17-13-21(26)30-22-15(2)20(9-8-19(17)22)29-16(3)23(27)25-12-11-24(28)10-6-5-7-18(24)14-25/h8-9,13,16,18,28H,4-7,10-12,14H2,1-3H3/t16-,18+,24-/m0/s1. The van der Waals surface area contributed by atoms with Gasteiger partial charge in [0.1, 0.15) is 11.3 Å². The maximum absolute atomic E-state index is 13.1. The molecule has 2 heterocycles. The number of carbonyl (C=O) groups is 1. The first-order valence-corrected chi connectivity index (χ1v) is 11.1. The van der Waals surface area contributed by atoms with Gasteiger partial charge in [-0.05, 0) is 57.2 Å². The van der Waals surface area contributed by atoms with Crippen LogP contribution in [0.2, 0.25) is 0 Å². The van der Waals surface area contributed by atoms with Crippen molar-refractivity contribution in [3.05, 3.63) is 39.7 Å². The van der Waals surface area contributed by atoms with Crippen molar-refractivity contribution in [2.75, 3.05) is 13.1 Å². The monoisotopic (exact) mass is 413 g/mol. The van der Waals surface area contributed by atoms with Gasteiger partial charge < -0.3 is 19.2 Å². The van der Waals surface area contributed by atoms with E-state index in [0.29, 0.717) is 30.8 Å². The van der Waals surface area contributed by atoms with Gasteiger partial charge in [0.15, 0.2) is 6.10 Å². The molecular weight excluding hydrogens is 382 g/mol. The van der Waals surface area contributed by atoms with E-state index in [2.05, 4.69) is 0 Å². The van der Waals surface area contributed by atoms with E-state index in [1.165, 1.54) is 6.07 Å². The lowest BCUT2D eigenvalue weighted by molar-refractivity contribution is -0.149. The van der Waals surface area contributed by atoms with Crippen molar-refractivity contribution >= 4 is 16.9 Å². The largest absolute Gasteiger partial charge is 0.480 e. The van der Waals surface area contributed by atoms with E-state index in [-0.39, 0.29) is 17.5 Å². The van der Waals surface area contributed by atoms with Gasteiger partial charge in [-0.25, -0.2) is 4.79 Å². The van der Waals surface area contributed by atoms with Crippen LogP contribution in [0.25, 0.3) is 11.0 Å². The highest BCUT2D eigenvalue weighted by molar-refractivity contribution is 5.85. The van der Waals surface area contributed by atoms with Gasteiger partial charge in [-0.15, -0.1) is 0 Å². The number of ether oxygens (including phenoxy) is 1. The molecule has 2 aliphatic rings. The molecule has 4 rings (SSSR count). The number of likely N-dealkylation sites (tertiary alicyclic amines) is 1. The predicted octanol–water partition coefficient (Wildman–Crippen LogP) is 3.58. The molecule has 162 valence electrons. The number of hydrogen-bond acceptors (Lipinski definition) is 5. The van der Waals surface area contributed by atoms with Crippen LogP contribution in [0.3, 0.4) is 0 Å². The zero-order valence-corrected chi connectivity index (χ0v) is 18.1. The van der Waals surface area contributed by atoms with Gasteiger partial charge in [-0.1, -0.05) is 19.8 Å². The molecule has 1 aliphatic carbocycles. The normalized spacial score (nSPS) is 25.1. The summed E-state index contributed by atoms with van der Waals surface area (Å²) in [6.07, 6.45) is 4.71. The molecule has 0 radical (unpaired) electrons. The Morgan fingerprint density at radius 2 is 2.17 bits per heavy atom. The zero-order chi connectivity index (χ0) is 21.5. The minimum Gasteiger partial charge on any atom is -0.480 e. The zero-order valence-electron chi connectivity index (χ0n) is 18.1. The Bertz CT molecular complexity index is 1010. The average Bonchev–Trinajstić information content (AvgIpc) is 2.74. The Balaban J connectivity index is 1.51. The van der Waals surface area contributed by atoms with Crippen LogP contribution in [0.1, 0.15) is 57.1 Å². The molecule has 1 saturated carbocycles. The van der Waals surface area contributed by atoms with Gasteiger partial charge in [-0.3, -0.25) is 4.79 Å². The van der Waals surface area contributed by atoms with E-state index in [1.807, 2.05) is 30.9 Å². The molecule has 30 heavy (non-hydrogen) atoms. The van der Waals surface area contributed by atoms with Crippen LogP contribution < -0.4 is 10.4 Å². The van der Waals surface area contributed by atoms with Crippen molar-refractivity contribution < 1.29 is 19.1 Å². The lowest BCUT2D eigenvalue weighted by Crippen LogP contribution is -2.56. The Morgan fingerprint density at radius 3 is 2.93 bits per heavy atom. The van der Waals surface area contributed by atoms with Crippen molar-refractivity contribution in [2.45, 2.75) is 71.0 Å². The first-order chi connectivity index (χ1) is 14.3. The van der Waals surface area contributed by atoms with Crippen molar-refractivity contribution in [1.82, 2.24) is 4.90 Å². The number of benzene rings is 1. The molecule has 1 aliphatic heterocycles. The Hall–Kier alpha value is -2.34. The Labute approximate surface area is 176 Å². The van der Waals surface area contributed by atoms with E-state index in [0.717, 1.165) is 48.6 Å². The topological polar surface area (TPSA) is 80.0 Å². The molecule has 0 bridgehead atoms. The van der Waals surface area contributed by atoms with Crippen molar-refractivity contribution in [3.63, 3.8) is 0 Å². The van der Waals surface area contributed by atoms with Gasteiger partial charge in [-0.2, -0.15) is 0 Å². The molecule has 6 nitrogen and oxygen atoms in total. The molecule has 2 fully saturated rings. The van der Waals surface area contributed by atoms with E-state index in [9.17, 15) is 14.7 Å². The van der Waals surface area contributed by atoms with Gasteiger partial charge in [0.05, 0.1) is 5.60 Å². The molecule has 1 aromatic heterocycles. The summed E-state index contributed by atoms with van der Waals surface area (Å²) >= 11 is 0. The third kappa shape index (κ3) is 3.73. The maximum atomic E-state index is 13.1. The van der Waals surface area contributed by atoms with Crippen LogP contribution in [0.15, 0.2) is 27.4 Å². The molecule has 1 aromatic carbocycles. The Kier molecular flexibility index (Phi) is 5.62. The van der Waals surface area contributed by atoms with Crippen LogP contribution in [0, 0.1) is 12.8 Å². The molecule has 1 saturated heterocycles. The number of nitrogens with zero attached hydrogens (tertiary/aromatic N) is 1. The second kappa shape index (κ2) is 8.06. The molecule has 6 heteroatoms. The minimum atomic E-state index is -0.656. The molecule has 1 N–H and O–H groups in total. The number of fused-ring (bicyclic) bond motifs is 2. The van der Waals surface area contributed by atoms with Crippen LogP contribution >= 0.6 is 0 Å². The number of carbonyl (C=O) groups excluding carboxylic acids is 1. The average molecular weight is 414 g/mol. The lowest BCUT2D eigenvalue weighted by atomic mass is 9.71. The lowest BCUT2D eigenvalue weighted by Gasteiger charge is -2.47. The second-order valence-corrected chi connectivity index (χ2v) is 8.85. The molecule has 2 aromatic rings. The SMILES string of the molecule is CCc1cc(=O)oc2c(C)c(O[C@@H](C)C(=O)N3CC[C@@]4(O)CCCC[C@@H]4C3)ccc12. The summed E-state index contributed by atoms with van der Waals surface area (Å²) in [6.45, 7) is 6.76. The van der Waals surface area contributed by atoms with E-state index in [1.54, 1.807) is 6.92 Å². The fourth-order valence-electron chi connectivity index (χ4n) is 5.10. The van der Waals surface area contributed by atoms with Crippen molar-refractivity contribution in [2.24, 2.45) is 5.92 Å². The summed E-state index contributed by atoms with van der Waals surface area (Å²) in [4.78, 5) is 26.8. The highest BCUT2D eigenvalue weighted by Crippen LogP contribution is 2.40. The van der Waals surface area contributed by atoms with E-state index >= 15 is 0 Å². The highest BCUT2D eigenvalue weighted by atomic mass is 16.5. The number of rotatable bonds is 4. The third-order valence-corrected chi connectivity index (χ3v) is 6.97. The summed E-state index contributed by atoms with van der Waals surface area (Å²) in [5.41, 5.74) is 1.19. The smallest absolute Gasteiger partial charge is 0.336 e. The van der Waals surface area contributed by atoms with Crippen molar-refractivity contribution in [3.8, 4) is 5.75 Å². The van der Waals surface area contributed by atoms with E-state index in [4.69, 9.17) is 9.15 Å². The number of piperidine rings is 1. The van der Waals surface area contributed by atoms with Gasteiger partial charge in [0.2, 0.25) is 0 Å². The van der Waals surface area contributed by atoms with Crippen LogP contribution in [0.5, 0.6) is 5.75 Å². The van der Waals surface area contributed by atoms with Crippen molar-refractivity contribution in [1.29, 1.82) is 0 Å². The quantitative estimate of drug-likeness (QED) is 0.775. The molecule has 0 spiro atoms. The molecule has 0 unspecified atom stereocenters. The van der Waals surface area contributed by atoms with Crippen LogP contribution in [0.4, 0.5) is 0 Å². The minimum absolute atomic E-state index is 0.0640. The first-order valence-electron chi connectivity index (χ1n) is 11.1. The number of aliphatic hydroxyl groups is 1. The Morgan fingerprint density at radius 1 is 1.37 bits per heavy atom. The molecule has 1 amide bonds. The van der Waals surface area contributed by atoms with Gasteiger partial charge in [0.25, 0.3) is 5.91 Å². The summed E-state index contributed by atoms with van der Waals surface area (Å²) in [5, 5.41) is 11.8. The summed E-state index contributed by atoms with van der Waals surface area (Å²) in [6, 6.07) is 5.26. The predicted molar refractivity (Wildman–Crippen MR) is 115 cm³/mol. The van der Waals surface area contributed by atoms with E-state index < -0.39 is 11.7 Å².